The first kappa shape index (κ1) is 16.7. The van der Waals surface area contributed by atoms with E-state index in [0.29, 0.717) is 26.1 Å². The van der Waals surface area contributed by atoms with Crippen LogP contribution in [0, 0.1) is 0 Å². The summed E-state index contributed by atoms with van der Waals surface area (Å²) in [6.07, 6.45) is 0.373. The third kappa shape index (κ3) is 4.22. The molecule has 2 aromatic rings. The van der Waals surface area contributed by atoms with Crippen molar-refractivity contribution >= 4 is 5.91 Å². The van der Waals surface area contributed by atoms with Gasteiger partial charge in [-0.25, -0.2) is 0 Å². The molecule has 3 rings (SSSR count). The fourth-order valence-electron chi connectivity index (χ4n) is 3.11. The van der Waals surface area contributed by atoms with Crippen molar-refractivity contribution in [2.24, 2.45) is 0 Å². The molecule has 0 aromatic heterocycles. The van der Waals surface area contributed by atoms with Crippen LogP contribution >= 0.6 is 0 Å². The number of benzene rings is 2. The lowest BCUT2D eigenvalue weighted by Crippen LogP contribution is -2.49. The van der Waals surface area contributed by atoms with Gasteiger partial charge in [-0.2, -0.15) is 0 Å². The Hall–Kier alpha value is -2.17. The lowest BCUT2D eigenvalue weighted by atomic mass is 9.88. The zero-order valence-corrected chi connectivity index (χ0v) is 13.6. The van der Waals surface area contributed by atoms with Gasteiger partial charge in [0.2, 0.25) is 5.91 Å². The van der Waals surface area contributed by atoms with Crippen LogP contribution in [-0.2, 0) is 9.53 Å². The maximum Gasteiger partial charge on any atom is 0.221 e. The van der Waals surface area contributed by atoms with Crippen molar-refractivity contribution < 1.29 is 14.6 Å². The predicted octanol–water partition coefficient (Wildman–Crippen LogP) is 2.47. The highest BCUT2D eigenvalue weighted by molar-refractivity contribution is 5.78. The number of ether oxygens (including phenoxy) is 1. The molecule has 1 fully saturated rings. The second-order valence-corrected chi connectivity index (χ2v) is 6.18. The molecule has 126 valence electrons. The second-order valence-electron chi connectivity index (χ2n) is 6.18. The van der Waals surface area contributed by atoms with E-state index in [-0.39, 0.29) is 17.9 Å². The van der Waals surface area contributed by atoms with Gasteiger partial charge in [0.15, 0.2) is 0 Å². The van der Waals surface area contributed by atoms with Crippen molar-refractivity contribution in [3.05, 3.63) is 71.8 Å². The highest BCUT2D eigenvalue weighted by Gasteiger charge is 2.26. The van der Waals surface area contributed by atoms with Crippen LogP contribution in [0.25, 0.3) is 0 Å². The van der Waals surface area contributed by atoms with Gasteiger partial charge in [-0.1, -0.05) is 60.7 Å². The van der Waals surface area contributed by atoms with Gasteiger partial charge in [0.05, 0.1) is 18.8 Å². The van der Waals surface area contributed by atoms with Crippen molar-refractivity contribution in [3.63, 3.8) is 0 Å². The van der Waals surface area contributed by atoms with E-state index in [1.165, 1.54) is 0 Å². The SMILES string of the molecule is O=C(CC(c1ccccc1)c1ccccc1)N[C@@H]1COCC[C@H]1O. The smallest absolute Gasteiger partial charge is 0.221 e. The summed E-state index contributed by atoms with van der Waals surface area (Å²) in [7, 11) is 0. The highest BCUT2D eigenvalue weighted by Crippen LogP contribution is 2.27. The van der Waals surface area contributed by atoms with E-state index >= 15 is 0 Å². The molecule has 2 aromatic carbocycles. The topological polar surface area (TPSA) is 58.6 Å². The lowest BCUT2D eigenvalue weighted by molar-refractivity contribution is -0.124. The van der Waals surface area contributed by atoms with Crippen LogP contribution in [0.3, 0.4) is 0 Å². The molecule has 4 heteroatoms. The van der Waals surface area contributed by atoms with E-state index in [1.54, 1.807) is 0 Å². The minimum atomic E-state index is -0.533. The number of amides is 1. The summed E-state index contributed by atoms with van der Waals surface area (Å²) in [5.41, 5.74) is 2.22. The van der Waals surface area contributed by atoms with E-state index in [1.807, 2.05) is 60.7 Å². The van der Waals surface area contributed by atoms with Gasteiger partial charge in [0, 0.05) is 18.9 Å². The molecule has 1 aliphatic rings. The first-order valence-electron chi connectivity index (χ1n) is 8.39. The Bertz CT molecular complexity index is 605. The predicted molar refractivity (Wildman–Crippen MR) is 92.7 cm³/mol. The van der Waals surface area contributed by atoms with Gasteiger partial charge < -0.3 is 15.2 Å². The Labute approximate surface area is 142 Å². The van der Waals surface area contributed by atoms with Crippen LogP contribution in [0.2, 0.25) is 0 Å². The average molecular weight is 325 g/mol. The van der Waals surface area contributed by atoms with Crippen LogP contribution in [-0.4, -0.2) is 36.4 Å². The van der Waals surface area contributed by atoms with Gasteiger partial charge in [0.1, 0.15) is 0 Å². The number of rotatable bonds is 5. The van der Waals surface area contributed by atoms with Crippen molar-refractivity contribution in [1.29, 1.82) is 0 Å². The van der Waals surface area contributed by atoms with Crippen LogP contribution < -0.4 is 5.32 Å². The van der Waals surface area contributed by atoms with Gasteiger partial charge in [-0.3, -0.25) is 4.79 Å². The molecule has 0 unspecified atom stereocenters. The molecule has 2 atom stereocenters. The summed E-state index contributed by atoms with van der Waals surface area (Å²) in [6, 6.07) is 19.8. The summed E-state index contributed by atoms with van der Waals surface area (Å²) in [6.45, 7) is 0.915. The second kappa shape index (κ2) is 8.08. The number of aliphatic hydroxyl groups is 1. The Morgan fingerprint density at radius 1 is 1.08 bits per heavy atom. The van der Waals surface area contributed by atoms with Crippen LogP contribution in [0.4, 0.5) is 0 Å². The summed E-state index contributed by atoms with van der Waals surface area (Å²) in [5.74, 6) is -0.0729. The molecule has 1 saturated heterocycles. The number of aliphatic hydroxyl groups excluding tert-OH is 1. The number of carbonyl (C=O) groups is 1. The summed E-state index contributed by atoms with van der Waals surface area (Å²) in [4.78, 5) is 12.5. The standard InChI is InChI=1S/C20H23NO3/c22-19-11-12-24-14-18(19)21-20(23)13-17(15-7-3-1-4-8-15)16-9-5-2-6-10-16/h1-10,17-19,22H,11-14H2,(H,21,23)/t18-,19-/m1/s1. The number of carbonyl (C=O) groups excluding carboxylic acids is 1. The maximum absolute atomic E-state index is 12.5. The molecule has 1 amide bonds. The molecule has 0 saturated carbocycles. The molecule has 1 aliphatic heterocycles. The number of hydrogen-bond donors (Lipinski definition) is 2. The zero-order valence-electron chi connectivity index (χ0n) is 13.6. The molecule has 0 radical (unpaired) electrons. The Balaban J connectivity index is 1.73. The quantitative estimate of drug-likeness (QED) is 0.888. The van der Waals surface area contributed by atoms with E-state index < -0.39 is 6.10 Å². The van der Waals surface area contributed by atoms with E-state index in [4.69, 9.17) is 4.74 Å². The third-order valence-corrected chi connectivity index (χ3v) is 4.46. The molecule has 24 heavy (non-hydrogen) atoms. The van der Waals surface area contributed by atoms with Gasteiger partial charge in [-0.15, -0.1) is 0 Å². The Morgan fingerprint density at radius 2 is 1.67 bits per heavy atom. The minimum Gasteiger partial charge on any atom is -0.391 e. The Kier molecular flexibility index (Phi) is 5.62. The molecular formula is C20H23NO3. The summed E-state index contributed by atoms with van der Waals surface area (Å²) >= 11 is 0. The van der Waals surface area contributed by atoms with Crippen molar-refractivity contribution in [2.75, 3.05) is 13.2 Å². The molecule has 0 aliphatic carbocycles. The highest BCUT2D eigenvalue weighted by atomic mass is 16.5. The average Bonchev–Trinajstić information content (AvgIpc) is 2.63. The fraction of sp³-hybridized carbons (Fsp3) is 0.350. The van der Waals surface area contributed by atoms with Crippen molar-refractivity contribution in [1.82, 2.24) is 5.32 Å². The normalized spacial score (nSPS) is 20.8. The zero-order chi connectivity index (χ0) is 16.8. The van der Waals surface area contributed by atoms with Crippen molar-refractivity contribution in [3.8, 4) is 0 Å². The van der Waals surface area contributed by atoms with Crippen molar-refractivity contribution in [2.45, 2.75) is 30.9 Å². The molecule has 0 spiro atoms. The minimum absolute atomic E-state index is 0.00551. The van der Waals surface area contributed by atoms with E-state index in [2.05, 4.69) is 5.32 Å². The van der Waals surface area contributed by atoms with Gasteiger partial charge >= 0.3 is 0 Å². The van der Waals surface area contributed by atoms with E-state index in [9.17, 15) is 9.90 Å². The molecule has 2 N–H and O–H groups in total. The van der Waals surface area contributed by atoms with Crippen LogP contribution in [0.5, 0.6) is 0 Å². The van der Waals surface area contributed by atoms with Crippen LogP contribution in [0.1, 0.15) is 29.9 Å². The summed E-state index contributed by atoms with van der Waals surface area (Å²) in [5, 5.41) is 12.9. The first-order valence-corrected chi connectivity index (χ1v) is 8.39. The third-order valence-electron chi connectivity index (χ3n) is 4.46. The van der Waals surface area contributed by atoms with Gasteiger partial charge in [0.25, 0.3) is 0 Å². The monoisotopic (exact) mass is 325 g/mol. The lowest BCUT2D eigenvalue weighted by Gasteiger charge is -2.29. The Morgan fingerprint density at radius 3 is 2.21 bits per heavy atom. The van der Waals surface area contributed by atoms with Gasteiger partial charge in [-0.05, 0) is 17.5 Å². The molecule has 0 bridgehead atoms. The molecular weight excluding hydrogens is 302 g/mol. The number of nitrogens with one attached hydrogen (secondary N) is 1. The summed E-state index contributed by atoms with van der Waals surface area (Å²) < 4.78 is 5.35. The largest absolute Gasteiger partial charge is 0.391 e. The molecule has 4 nitrogen and oxygen atoms in total. The first-order chi connectivity index (χ1) is 11.7. The molecule has 1 heterocycles. The fourth-order valence-corrected chi connectivity index (χ4v) is 3.11. The van der Waals surface area contributed by atoms with Crippen LogP contribution in [0.15, 0.2) is 60.7 Å². The maximum atomic E-state index is 12.5. The number of hydrogen-bond acceptors (Lipinski definition) is 3. The van der Waals surface area contributed by atoms with E-state index in [0.717, 1.165) is 11.1 Å².